The van der Waals surface area contributed by atoms with Crippen LogP contribution in [0.1, 0.15) is 48.0 Å². The molecule has 126 valence electrons. The van der Waals surface area contributed by atoms with Crippen LogP contribution in [0.5, 0.6) is 0 Å². The molecule has 1 spiro atoms. The number of amides is 1. The van der Waals surface area contributed by atoms with Gasteiger partial charge in [0.2, 0.25) is 5.91 Å². The van der Waals surface area contributed by atoms with Gasteiger partial charge in [0, 0.05) is 19.0 Å². The number of carbonyl (C=O) groups excluding carboxylic acids is 1. The molecular formula is C19H24N4O. The number of carbonyl (C=O) groups is 1. The van der Waals surface area contributed by atoms with E-state index in [9.17, 15) is 4.79 Å². The highest BCUT2D eigenvalue weighted by Crippen LogP contribution is 2.55. The number of nitrogens with one attached hydrogen (secondary N) is 1. The van der Waals surface area contributed by atoms with E-state index in [-0.39, 0.29) is 17.2 Å². The van der Waals surface area contributed by atoms with Gasteiger partial charge in [-0.15, -0.1) is 0 Å². The zero-order valence-electron chi connectivity index (χ0n) is 14.4. The van der Waals surface area contributed by atoms with E-state index in [1.807, 2.05) is 11.8 Å². The summed E-state index contributed by atoms with van der Waals surface area (Å²) >= 11 is 0. The third-order valence-electron chi connectivity index (χ3n) is 5.75. The highest BCUT2D eigenvalue weighted by molar-refractivity contribution is 5.79. The fraction of sp³-hybridized carbons (Fsp3) is 0.526. The van der Waals surface area contributed by atoms with Gasteiger partial charge in [-0.2, -0.15) is 5.10 Å². The summed E-state index contributed by atoms with van der Waals surface area (Å²) in [5.74, 6) is 2.24. The third kappa shape index (κ3) is 2.62. The quantitative estimate of drug-likeness (QED) is 0.944. The SMILES string of the molecule is Cc1ccc(CC(=O)N2CC(c3n[nH]c(C)n3)C3(CCC3)C2)cc1. The Bertz CT molecular complexity index is 745. The zero-order chi connectivity index (χ0) is 16.7. The summed E-state index contributed by atoms with van der Waals surface area (Å²) in [5, 5.41) is 7.34. The topological polar surface area (TPSA) is 61.9 Å². The van der Waals surface area contributed by atoms with Crippen molar-refractivity contribution in [3.63, 3.8) is 0 Å². The molecule has 4 rings (SSSR count). The molecule has 0 radical (unpaired) electrons. The van der Waals surface area contributed by atoms with Gasteiger partial charge in [0.1, 0.15) is 5.82 Å². The second kappa shape index (κ2) is 5.72. The Morgan fingerprint density at radius 3 is 2.62 bits per heavy atom. The minimum Gasteiger partial charge on any atom is -0.341 e. The standard InChI is InChI=1S/C19H24N4O/c1-13-4-6-15(7-5-13)10-17(24)23-11-16(18-20-14(2)21-22-18)19(12-23)8-3-9-19/h4-7,16H,3,8-12H2,1-2H3,(H,20,21,22). The average Bonchev–Trinajstić information content (AvgIpc) is 3.12. The molecule has 5 heteroatoms. The number of aromatic nitrogens is 3. The minimum absolute atomic E-state index is 0.206. The monoisotopic (exact) mass is 324 g/mol. The van der Waals surface area contributed by atoms with Crippen LogP contribution >= 0.6 is 0 Å². The molecule has 1 aliphatic heterocycles. The average molecular weight is 324 g/mol. The molecular weight excluding hydrogens is 300 g/mol. The maximum absolute atomic E-state index is 12.8. The molecule has 1 aromatic carbocycles. The number of hydrogen-bond acceptors (Lipinski definition) is 3. The molecule has 1 amide bonds. The first kappa shape index (κ1) is 15.4. The van der Waals surface area contributed by atoms with Crippen LogP contribution in [0.2, 0.25) is 0 Å². The summed E-state index contributed by atoms with van der Waals surface area (Å²) in [5.41, 5.74) is 2.52. The van der Waals surface area contributed by atoms with Crippen molar-refractivity contribution in [2.24, 2.45) is 5.41 Å². The van der Waals surface area contributed by atoms with Crippen molar-refractivity contribution >= 4 is 5.91 Å². The first-order valence-corrected chi connectivity index (χ1v) is 8.78. The lowest BCUT2D eigenvalue weighted by Gasteiger charge is -2.41. The van der Waals surface area contributed by atoms with Gasteiger partial charge in [0.25, 0.3) is 0 Å². The molecule has 1 unspecified atom stereocenters. The van der Waals surface area contributed by atoms with Crippen LogP contribution in [0.15, 0.2) is 24.3 Å². The number of aromatic amines is 1. The Morgan fingerprint density at radius 1 is 1.29 bits per heavy atom. The second-order valence-electron chi connectivity index (χ2n) is 7.48. The number of nitrogens with zero attached hydrogens (tertiary/aromatic N) is 3. The molecule has 1 saturated heterocycles. The van der Waals surface area contributed by atoms with E-state index < -0.39 is 0 Å². The van der Waals surface area contributed by atoms with Gasteiger partial charge in [0.15, 0.2) is 5.82 Å². The molecule has 1 aromatic heterocycles. The molecule has 2 aliphatic rings. The van der Waals surface area contributed by atoms with Crippen molar-refractivity contribution < 1.29 is 4.79 Å². The van der Waals surface area contributed by atoms with Crippen LogP contribution in [0.25, 0.3) is 0 Å². The van der Waals surface area contributed by atoms with Crippen LogP contribution in [-0.4, -0.2) is 39.1 Å². The maximum atomic E-state index is 12.8. The van der Waals surface area contributed by atoms with E-state index in [4.69, 9.17) is 0 Å². The Labute approximate surface area is 142 Å². The summed E-state index contributed by atoms with van der Waals surface area (Å²) in [7, 11) is 0. The normalized spacial score (nSPS) is 21.9. The molecule has 1 atom stereocenters. The van der Waals surface area contributed by atoms with Gasteiger partial charge in [-0.3, -0.25) is 9.89 Å². The van der Waals surface area contributed by atoms with Crippen LogP contribution in [0.3, 0.4) is 0 Å². The first-order chi connectivity index (χ1) is 11.6. The summed E-state index contributed by atoms with van der Waals surface area (Å²) < 4.78 is 0. The number of hydrogen-bond donors (Lipinski definition) is 1. The van der Waals surface area contributed by atoms with E-state index in [1.165, 1.54) is 24.8 Å². The van der Waals surface area contributed by atoms with Crippen molar-refractivity contribution in [1.29, 1.82) is 0 Å². The van der Waals surface area contributed by atoms with Crippen LogP contribution in [-0.2, 0) is 11.2 Å². The second-order valence-corrected chi connectivity index (χ2v) is 7.48. The molecule has 2 aromatic rings. The van der Waals surface area contributed by atoms with Gasteiger partial charge < -0.3 is 4.90 Å². The van der Waals surface area contributed by atoms with Crippen molar-refractivity contribution in [1.82, 2.24) is 20.1 Å². The number of benzene rings is 1. The number of likely N-dealkylation sites (tertiary alicyclic amines) is 1. The minimum atomic E-state index is 0.206. The van der Waals surface area contributed by atoms with Crippen molar-refractivity contribution in [2.75, 3.05) is 13.1 Å². The van der Waals surface area contributed by atoms with Gasteiger partial charge in [-0.25, -0.2) is 4.98 Å². The summed E-state index contributed by atoms with van der Waals surface area (Å²) in [4.78, 5) is 19.4. The highest BCUT2D eigenvalue weighted by Gasteiger charge is 2.53. The van der Waals surface area contributed by atoms with Crippen LogP contribution < -0.4 is 0 Å². The van der Waals surface area contributed by atoms with Crippen LogP contribution in [0, 0.1) is 19.3 Å². The molecule has 1 N–H and O–H groups in total. The van der Waals surface area contributed by atoms with Gasteiger partial charge in [-0.1, -0.05) is 36.2 Å². The molecule has 2 heterocycles. The third-order valence-corrected chi connectivity index (χ3v) is 5.75. The Kier molecular flexibility index (Phi) is 3.66. The lowest BCUT2D eigenvalue weighted by Crippen LogP contribution is -2.38. The lowest BCUT2D eigenvalue weighted by atomic mass is 9.62. The predicted molar refractivity (Wildman–Crippen MR) is 91.6 cm³/mol. The lowest BCUT2D eigenvalue weighted by molar-refractivity contribution is -0.130. The largest absolute Gasteiger partial charge is 0.341 e. The summed E-state index contributed by atoms with van der Waals surface area (Å²) in [6.45, 7) is 5.60. The van der Waals surface area contributed by atoms with Gasteiger partial charge in [-0.05, 0) is 37.7 Å². The van der Waals surface area contributed by atoms with Crippen LogP contribution in [0.4, 0.5) is 0 Å². The molecule has 0 bridgehead atoms. The first-order valence-electron chi connectivity index (χ1n) is 8.78. The van der Waals surface area contributed by atoms with E-state index in [2.05, 4.69) is 46.4 Å². The molecule has 24 heavy (non-hydrogen) atoms. The highest BCUT2D eigenvalue weighted by atomic mass is 16.2. The molecule has 2 fully saturated rings. The number of H-pyrrole nitrogens is 1. The number of aryl methyl sites for hydroxylation is 2. The molecule has 1 aliphatic carbocycles. The van der Waals surface area contributed by atoms with Gasteiger partial charge >= 0.3 is 0 Å². The predicted octanol–water partition coefficient (Wildman–Crippen LogP) is 2.76. The van der Waals surface area contributed by atoms with E-state index in [0.717, 1.165) is 30.3 Å². The molecule has 5 nitrogen and oxygen atoms in total. The Balaban J connectivity index is 1.50. The number of rotatable bonds is 3. The molecule has 1 saturated carbocycles. The Morgan fingerprint density at radius 2 is 2.04 bits per heavy atom. The summed E-state index contributed by atoms with van der Waals surface area (Å²) in [6, 6.07) is 8.25. The zero-order valence-corrected chi connectivity index (χ0v) is 14.4. The van der Waals surface area contributed by atoms with E-state index >= 15 is 0 Å². The maximum Gasteiger partial charge on any atom is 0.227 e. The smallest absolute Gasteiger partial charge is 0.227 e. The van der Waals surface area contributed by atoms with Gasteiger partial charge in [0.05, 0.1) is 6.42 Å². The van der Waals surface area contributed by atoms with E-state index in [0.29, 0.717) is 6.42 Å². The summed E-state index contributed by atoms with van der Waals surface area (Å²) in [6.07, 6.45) is 4.09. The van der Waals surface area contributed by atoms with E-state index in [1.54, 1.807) is 0 Å². The fourth-order valence-corrected chi connectivity index (χ4v) is 4.16. The van der Waals surface area contributed by atoms with Crippen molar-refractivity contribution in [3.8, 4) is 0 Å². The van der Waals surface area contributed by atoms with Crippen molar-refractivity contribution in [3.05, 3.63) is 47.0 Å². The fourth-order valence-electron chi connectivity index (χ4n) is 4.16. The van der Waals surface area contributed by atoms with Crippen molar-refractivity contribution in [2.45, 2.75) is 45.4 Å². The Hall–Kier alpha value is -2.17.